The van der Waals surface area contributed by atoms with Crippen molar-refractivity contribution in [2.24, 2.45) is 0 Å². The molecule has 28 heavy (non-hydrogen) atoms. The molecule has 0 aromatic heterocycles. The molecular formula is C24H33NS2Se. The molecule has 0 amide bonds. The van der Waals surface area contributed by atoms with Crippen molar-refractivity contribution >= 4 is 43.3 Å². The van der Waals surface area contributed by atoms with E-state index in [1.165, 1.54) is 27.3 Å². The zero-order valence-electron chi connectivity index (χ0n) is 17.8. The van der Waals surface area contributed by atoms with Crippen LogP contribution in [0, 0.1) is 0 Å². The third-order valence-electron chi connectivity index (χ3n) is 4.79. The first-order valence-corrected chi connectivity index (χ1v) is 13.7. The fourth-order valence-electron chi connectivity index (χ4n) is 2.93. The van der Waals surface area contributed by atoms with Crippen LogP contribution in [0.4, 0.5) is 0 Å². The third-order valence-corrected chi connectivity index (χ3v) is 9.32. The van der Waals surface area contributed by atoms with E-state index in [9.17, 15) is 0 Å². The van der Waals surface area contributed by atoms with Gasteiger partial charge in [-0.1, -0.05) is 0 Å². The Kier molecular flexibility index (Phi) is 9.56. The van der Waals surface area contributed by atoms with Crippen molar-refractivity contribution < 1.29 is 0 Å². The van der Waals surface area contributed by atoms with E-state index in [4.69, 9.17) is 12.2 Å². The number of rotatable bonds is 8. The molecule has 0 saturated heterocycles. The molecule has 0 radical (unpaired) electrons. The molecule has 1 unspecified atom stereocenters. The number of nitrogens with zero attached hydrogens (tertiary/aromatic N) is 1. The van der Waals surface area contributed by atoms with Gasteiger partial charge in [0.1, 0.15) is 0 Å². The molecular weight excluding hydrogens is 445 g/mol. The van der Waals surface area contributed by atoms with Gasteiger partial charge in [0.25, 0.3) is 0 Å². The number of thioether (sulfide) groups is 1. The van der Waals surface area contributed by atoms with Gasteiger partial charge in [0.15, 0.2) is 0 Å². The molecule has 0 aliphatic heterocycles. The minimum absolute atomic E-state index is 0.189. The van der Waals surface area contributed by atoms with Crippen LogP contribution in [0.3, 0.4) is 0 Å². The van der Waals surface area contributed by atoms with E-state index in [2.05, 4.69) is 94.1 Å². The summed E-state index contributed by atoms with van der Waals surface area (Å²) in [5.74, 6) is 0. The SMILES string of the molecule is CCN(CC)C(=S)SC(C[Se]Cc1ccccc1)c1ccc(C(C)(C)C)cc1. The molecule has 2 aromatic carbocycles. The summed E-state index contributed by atoms with van der Waals surface area (Å²) < 4.78 is 1.03. The maximum atomic E-state index is 5.77. The molecule has 0 aliphatic rings. The van der Waals surface area contributed by atoms with Gasteiger partial charge in [-0.2, -0.15) is 0 Å². The zero-order valence-corrected chi connectivity index (χ0v) is 21.1. The van der Waals surface area contributed by atoms with Crippen molar-refractivity contribution in [3.8, 4) is 0 Å². The van der Waals surface area contributed by atoms with Crippen molar-refractivity contribution in [1.29, 1.82) is 0 Å². The van der Waals surface area contributed by atoms with Gasteiger partial charge in [0, 0.05) is 0 Å². The summed E-state index contributed by atoms with van der Waals surface area (Å²) in [6, 6.07) is 20.1. The summed E-state index contributed by atoms with van der Waals surface area (Å²) in [6.07, 6.45) is 0. The minimum atomic E-state index is 0.189. The Morgan fingerprint density at radius 2 is 1.61 bits per heavy atom. The van der Waals surface area contributed by atoms with Crippen molar-refractivity contribution in [1.82, 2.24) is 4.90 Å². The number of thiocarbonyl (C=S) groups is 1. The molecule has 0 saturated carbocycles. The van der Waals surface area contributed by atoms with Crippen molar-refractivity contribution in [2.45, 2.75) is 55.9 Å². The topological polar surface area (TPSA) is 3.24 Å². The second-order valence-corrected chi connectivity index (χ2v) is 11.9. The molecule has 0 N–H and O–H groups in total. The van der Waals surface area contributed by atoms with Gasteiger partial charge in [0.05, 0.1) is 0 Å². The Morgan fingerprint density at radius 3 is 2.14 bits per heavy atom. The van der Waals surface area contributed by atoms with Gasteiger partial charge in [-0.3, -0.25) is 0 Å². The fourth-order valence-corrected chi connectivity index (χ4v) is 7.48. The molecule has 1 atom stereocenters. The van der Waals surface area contributed by atoms with Gasteiger partial charge in [-0.15, -0.1) is 0 Å². The fraction of sp³-hybridized carbons (Fsp3) is 0.458. The van der Waals surface area contributed by atoms with E-state index in [0.717, 1.165) is 17.4 Å². The molecule has 0 heterocycles. The predicted octanol–water partition coefficient (Wildman–Crippen LogP) is 6.71. The Hall–Kier alpha value is -0.801. The summed E-state index contributed by atoms with van der Waals surface area (Å²) in [7, 11) is 0. The van der Waals surface area contributed by atoms with Crippen LogP contribution in [0.15, 0.2) is 54.6 Å². The first-order valence-electron chi connectivity index (χ1n) is 10.0. The molecule has 0 fully saturated rings. The number of hydrogen-bond acceptors (Lipinski definition) is 2. The van der Waals surface area contributed by atoms with Crippen LogP contribution >= 0.6 is 24.0 Å². The van der Waals surface area contributed by atoms with Gasteiger partial charge in [-0.25, -0.2) is 0 Å². The molecule has 0 spiro atoms. The van der Waals surface area contributed by atoms with Gasteiger partial charge in [-0.05, 0) is 0 Å². The van der Waals surface area contributed by atoms with Crippen LogP contribution in [0.2, 0.25) is 5.32 Å². The first-order chi connectivity index (χ1) is 13.3. The van der Waals surface area contributed by atoms with E-state index in [-0.39, 0.29) is 5.41 Å². The van der Waals surface area contributed by atoms with E-state index < -0.39 is 0 Å². The molecule has 2 rings (SSSR count). The average Bonchev–Trinajstić information content (AvgIpc) is 2.68. The number of benzene rings is 2. The Bertz CT molecular complexity index is 719. The van der Waals surface area contributed by atoms with Crippen LogP contribution in [0.5, 0.6) is 0 Å². The van der Waals surface area contributed by atoms with E-state index in [0.29, 0.717) is 20.2 Å². The molecule has 4 heteroatoms. The maximum absolute atomic E-state index is 5.77. The molecule has 2 aromatic rings. The number of hydrogen-bond donors (Lipinski definition) is 0. The summed E-state index contributed by atoms with van der Waals surface area (Å²) >= 11 is 8.21. The Morgan fingerprint density at radius 1 is 1.00 bits per heavy atom. The van der Waals surface area contributed by atoms with E-state index >= 15 is 0 Å². The van der Waals surface area contributed by atoms with Crippen molar-refractivity contribution in [2.75, 3.05) is 13.1 Å². The molecule has 1 nitrogen and oxygen atoms in total. The van der Waals surface area contributed by atoms with Crippen LogP contribution in [-0.4, -0.2) is 37.3 Å². The second kappa shape index (κ2) is 11.4. The third kappa shape index (κ3) is 7.22. The molecule has 152 valence electrons. The first kappa shape index (κ1) is 23.5. The molecule has 0 bridgehead atoms. The summed E-state index contributed by atoms with van der Waals surface area (Å²) in [5.41, 5.74) is 4.43. The summed E-state index contributed by atoms with van der Waals surface area (Å²) in [4.78, 5) is 2.29. The van der Waals surface area contributed by atoms with Crippen LogP contribution in [0.25, 0.3) is 0 Å². The van der Waals surface area contributed by atoms with Gasteiger partial charge >= 0.3 is 188 Å². The van der Waals surface area contributed by atoms with Crippen molar-refractivity contribution in [3.05, 3.63) is 71.3 Å². The quantitative estimate of drug-likeness (QED) is 0.307. The zero-order chi connectivity index (χ0) is 20.6. The van der Waals surface area contributed by atoms with Crippen LogP contribution in [0.1, 0.15) is 56.6 Å². The Balaban J connectivity index is 2.11. The molecule has 0 aliphatic carbocycles. The van der Waals surface area contributed by atoms with E-state index in [1.807, 2.05) is 11.8 Å². The Labute approximate surface area is 187 Å². The van der Waals surface area contributed by atoms with Gasteiger partial charge < -0.3 is 0 Å². The van der Waals surface area contributed by atoms with Crippen molar-refractivity contribution in [3.63, 3.8) is 0 Å². The monoisotopic (exact) mass is 479 g/mol. The standard InChI is InChI=1S/C24H33NS2Se/c1-6-25(7-2)23(26)27-22(18-28-17-19-11-9-8-10-12-19)20-13-15-21(16-14-20)24(3,4)5/h8-16,22H,6-7,17-18H2,1-5H3. The van der Waals surface area contributed by atoms with Crippen LogP contribution < -0.4 is 0 Å². The summed E-state index contributed by atoms with van der Waals surface area (Å²) in [5, 5.41) is 2.82. The van der Waals surface area contributed by atoms with E-state index in [1.54, 1.807) is 0 Å². The summed E-state index contributed by atoms with van der Waals surface area (Å²) in [6.45, 7) is 13.1. The normalized spacial score (nSPS) is 12.6. The predicted molar refractivity (Wildman–Crippen MR) is 132 cm³/mol. The van der Waals surface area contributed by atoms with Crippen LogP contribution in [-0.2, 0) is 10.7 Å². The average molecular weight is 479 g/mol. The second-order valence-electron chi connectivity index (χ2n) is 7.92. The van der Waals surface area contributed by atoms with Gasteiger partial charge in [0.2, 0.25) is 0 Å².